The van der Waals surface area contributed by atoms with Crippen molar-refractivity contribution in [1.29, 1.82) is 0 Å². The number of ether oxygens (including phenoxy) is 1. The van der Waals surface area contributed by atoms with Crippen LogP contribution in [0, 0.1) is 0 Å². The Balaban J connectivity index is 1.79. The van der Waals surface area contributed by atoms with Crippen molar-refractivity contribution in [2.45, 2.75) is 20.0 Å². The first-order valence-electron chi connectivity index (χ1n) is 7.74. The fourth-order valence-corrected chi connectivity index (χ4v) is 2.55. The van der Waals surface area contributed by atoms with Gasteiger partial charge < -0.3 is 4.74 Å². The number of hydrogen-bond acceptors (Lipinski definition) is 6. The largest absolute Gasteiger partial charge is 0.461 e. The summed E-state index contributed by atoms with van der Waals surface area (Å²) >= 11 is 0. The predicted molar refractivity (Wildman–Crippen MR) is 87.3 cm³/mol. The van der Waals surface area contributed by atoms with E-state index in [0.29, 0.717) is 25.4 Å². The summed E-state index contributed by atoms with van der Waals surface area (Å²) in [7, 11) is 3.86. The molecule has 24 heavy (non-hydrogen) atoms. The molecule has 0 radical (unpaired) electrons. The Bertz CT molecular complexity index is 853. The van der Waals surface area contributed by atoms with Gasteiger partial charge in [-0.3, -0.25) is 14.0 Å². The van der Waals surface area contributed by atoms with E-state index in [0.717, 1.165) is 17.2 Å². The number of carbonyl (C=O) groups excluding carboxylic acids is 1. The molecule has 0 amide bonds. The number of imidazole rings is 1. The smallest absolute Gasteiger partial charge is 0.355 e. The van der Waals surface area contributed by atoms with Crippen molar-refractivity contribution in [3.8, 4) is 0 Å². The summed E-state index contributed by atoms with van der Waals surface area (Å²) < 4.78 is 8.61. The summed E-state index contributed by atoms with van der Waals surface area (Å²) in [6.45, 7) is 3.43. The van der Waals surface area contributed by atoms with E-state index in [1.807, 2.05) is 32.4 Å². The van der Waals surface area contributed by atoms with Crippen LogP contribution in [0.2, 0.25) is 0 Å². The molecule has 0 atom stereocenters. The molecule has 3 rings (SSSR count). The van der Waals surface area contributed by atoms with E-state index >= 15 is 0 Å². The van der Waals surface area contributed by atoms with Crippen LogP contribution in [0.5, 0.6) is 0 Å². The van der Waals surface area contributed by atoms with Gasteiger partial charge in [-0.15, -0.1) is 0 Å². The molecular formula is C16H20N6O2. The minimum Gasteiger partial charge on any atom is -0.461 e. The summed E-state index contributed by atoms with van der Waals surface area (Å²) in [6.07, 6.45) is 3.41. The fourth-order valence-electron chi connectivity index (χ4n) is 2.55. The summed E-state index contributed by atoms with van der Waals surface area (Å²) in [4.78, 5) is 22.9. The van der Waals surface area contributed by atoms with Crippen molar-refractivity contribution in [3.63, 3.8) is 0 Å². The van der Waals surface area contributed by atoms with Crippen molar-refractivity contribution in [2.24, 2.45) is 7.05 Å². The summed E-state index contributed by atoms with van der Waals surface area (Å²) in [5.41, 5.74) is 2.07. The number of aromatic nitrogens is 5. The first-order valence-corrected chi connectivity index (χ1v) is 7.74. The first-order chi connectivity index (χ1) is 11.6. The monoisotopic (exact) mass is 328 g/mol. The summed E-state index contributed by atoms with van der Waals surface area (Å²) in [5.74, 6) is 0.535. The molecule has 0 saturated carbocycles. The van der Waals surface area contributed by atoms with Gasteiger partial charge in [-0.25, -0.2) is 14.8 Å². The maximum atomic E-state index is 12.0. The molecule has 126 valence electrons. The van der Waals surface area contributed by atoms with Crippen molar-refractivity contribution in [2.75, 3.05) is 13.7 Å². The Kier molecular flexibility index (Phi) is 4.57. The minimum atomic E-state index is -0.348. The average molecular weight is 328 g/mol. The van der Waals surface area contributed by atoms with Crippen molar-refractivity contribution in [1.82, 2.24) is 29.0 Å². The van der Waals surface area contributed by atoms with Gasteiger partial charge >= 0.3 is 5.97 Å². The van der Waals surface area contributed by atoms with E-state index in [-0.39, 0.29) is 5.97 Å². The van der Waals surface area contributed by atoms with Gasteiger partial charge in [-0.05, 0) is 26.1 Å². The van der Waals surface area contributed by atoms with Gasteiger partial charge in [-0.1, -0.05) is 6.07 Å². The van der Waals surface area contributed by atoms with Gasteiger partial charge in [0.15, 0.2) is 0 Å². The van der Waals surface area contributed by atoms with Crippen LogP contribution in [0.25, 0.3) is 5.65 Å². The first kappa shape index (κ1) is 16.1. The topological polar surface area (TPSA) is 77.6 Å². The lowest BCUT2D eigenvalue weighted by atomic mass is 10.3. The maximum Gasteiger partial charge on any atom is 0.355 e. The second kappa shape index (κ2) is 6.79. The Labute approximate surface area is 139 Å². The van der Waals surface area contributed by atoms with Gasteiger partial charge in [0.25, 0.3) is 0 Å². The Morgan fingerprint density at radius 1 is 1.33 bits per heavy atom. The van der Waals surface area contributed by atoms with Crippen LogP contribution in [-0.2, 0) is 24.9 Å². The number of pyridine rings is 1. The van der Waals surface area contributed by atoms with Gasteiger partial charge in [0.1, 0.15) is 23.5 Å². The van der Waals surface area contributed by atoms with E-state index < -0.39 is 0 Å². The molecule has 3 heterocycles. The SMILES string of the molecule is CCOC(=O)c1cccc2nc(CN(C)Cc3ncnn3C)cn12. The molecule has 0 aliphatic carbocycles. The minimum absolute atomic E-state index is 0.344. The Hall–Kier alpha value is -2.74. The van der Waals surface area contributed by atoms with Crippen LogP contribution in [-0.4, -0.2) is 48.7 Å². The molecule has 0 bridgehead atoms. The molecule has 3 aromatic rings. The molecule has 0 N–H and O–H groups in total. The Morgan fingerprint density at radius 2 is 2.17 bits per heavy atom. The second-order valence-electron chi connectivity index (χ2n) is 5.56. The Morgan fingerprint density at radius 3 is 2.88 bits per heavy atom. The number of nitrogens with zero attached hydrogens (tertiary/aromatic N) is 6. The number of rotatable bonds is 6. The molecule has 0 aromatic carbocycles. The van der Waals surface area contributed by atoms with Crippen LogP contribution >= 0.6 is 0 Å². The van der Waals surface area contributed by atoms with Gasteiger partial charge in [-0.2, -0.15) is 5.10 Å². The third-order valence-corrected chi connectivity index (χ3v) is 3.67. The fraction of sp³-hybridized carbons (Fsp3) is 0.375. The molecule has 0 aliphatic rings. The highest BCUT2D eigenvalue weighted by Crippen LogP contribution is 2.12. The third-order valence-electron chi connectivity index (χ3n) is 3.67. The molecule has 0 aliphatic heterocycles. The molecule has 0 fully saturated rings. The normalized spacial score (nSPS) is 11.3. The van der Waals surface area contributed by atoms with E-state index in [1.165, 1.54) is 0 Å². The van der Waals surface area contributed by atoms with Gasteiger partial charge in [0.2, 0.25) is 0 Å². The van der Waals surface area contributed by atoms with Crippen molar-refractivity contribution < 1.29 is 9.53 Å². The van der Waals surface area contributed by atoms with Crippen LogP contribution in [0.4, 0.5) is 0 Å². The van der Waals surface area contributed by atoms with Crippen molar-refractivity contribution in [3.05, 3.63) is 47.9 Å². The van der Waals surface area contributed by atoms with Crippen LogP contribution in [0.1, 0.15) is 28.9 Å². The zero-order valence-electron chi connectivity index (χ0n) is 14.0. The van der Waals surface area contributed by atoms with E-state index in [2.05, 4.69) is 20.0 Å². The number of hydrogen-bond donors (Lipinski definition) is 0. The number of carbonyl (C=O) groups is 1. The highest BCUT2D eigenvalue weighted by Gasteiger charge is 2.14. The van der Waals surface area contributed by atoms with Crippen LogP contribution < -0.4 is 0 Å². The van der Waals surface area contributed by atoms with E-state index in [1.54, 1.807) is 28.4 Å². The van der Waals surface area contributed by atoms with Crippen LogP contribution in [0.15, 0.2) is 30.7 Å². The van der Waals surface area contributed by atoms with E-state index in [9.17, 15) is 4.79 Å². The maximum absolute atomic E-state index is 12.0. The molecule has 8 nitrogen and oxygen atoms in total. The van der Waals surface area contributed by atoms with Gasteiger partial charge in [0.05, 0.1) is 18.8 Å². The zero-order valence-corrected chi connectivity index (χ0v) is 14.0. The molecular weight excluding hydrogens is 308 g/mol. The second-order valence-corrected chi connectivity index (χ2v) is 5.56. The lowest BCUT2D eigenvalue weighted by Crippen LogP contribution is -2.20. The lowest BCUT2D eigenvalue weighted by Gasteiger charge is -2.13. The number of fused-ring (bicyclic) bond motifs is 1. The predicted octanol–water partition coefficient (Wildman–Crippen LogP) is 1.27. The van der Waals surface area contributed by atoms with Gasteiger partial charge in [0, 0.05) is 19.8 Å². The van der Waals surface area contributed by atoms with Crippen molar-refractivity contribution >= 4 is 11.6 Å². The average Bonchev–Trinajstić information content (AvgIpc) is 3.13. The highest BCUT2D eigenvalue weighted by atomic mass is 16.5. The molecule has 8 heteroatoms. The number of esters is 1. The quantitative estimate of drug-likeness (QED) is 0.634. The highest BCUT2D eigenvalue weighted by molar-refractivity contribution is 5.88. The molecule has 0 spiro atoms. The zero-order chi connectivity index (χ0) is 17.1. The molecule has 0 saturated heterocycles. The summed E-state index contributed by atoms with van der Waals surface area (Å²) in [6, 6.07) is 5.41. The molecule has 0 unspecified atom stereocenters. The third kappa shape index (κ3) is 3.28. The standard InChI is InChI=1S/C16H20N6O2/c1-4-24-16(23)13-6-5-7-14-19-12(9-22(13)14)8-20(2)10-15-17-11-18-21(15)3/h5-7,9,11H,4,8,10H2,1-3H3. The summed E-state index contributed by atoms with van der Waals surface area (Å²) in [5, 5.41) is 4.07. The van der Waals surface area contributed by atoms with Crippen LogP contribution in [0.3, 0.4) is 0 Å². The van der Waals surface area contributed by atoms with E-state index in [4.69, 9.17) is 4.74 Å². The molecule has 3 aromatic heterocycles. The lowest BCUT2D eigenvalue weighted by molar-refractivity contribution is 0.0517. The number of aryl methyl sites for hydroxylation is 1.